The molecule has 0 saturated heterocycles. The summed E-state index contributed by atoms with van der Waals surface area (Å²) < 4.78 is 38.3. The predicted octanol–water partition coefficient (Wildman–Crippen LogP) is 4.86. The largest absolute Gasteiger partial charge is 0.416 e. The van der Waals surface area contributed by atoms with Gasteiger partial charge in [0.05, 0.1) is 5.56 Å². The van der Waals surface area contributed by atoms with E-state index < -0.39 is 11.7 Å². The third-order valence-corrected chi connectivity index (χ3v) is 3.57. The molecule has 0 radical (unpaired) electrons. The quantitative estimate of drug-likeness (QED) is 0.850. The minimum absolute atomic E-state index is 0.187. The Morgan fingerprint density at radius 2 is 1.76 bits per heavy atom. The van der Waals surface area contributed by atoms with Crippen molar-refractivity contribution >= 4 is 11.6 Å². The summed E-state index contributed by atoms with van der Waals surface area (Å²) in [4.78, 5) is 0. The Labute approximate surface area is 126 Å². The van der Waals surface area contributed by atoms with Crippen molar-refractivity contribution in [3.8, 4) is 0 Å². The van der Waals surface area contributed by atoms with E-state index in [1.165, 1.54) is 12.1 Å². The van der Waals surface area contributed by atoms with Crippen LogP contribution in [-0.2, 0) is 12.6 Å². The number of alkyl halides is 3. The van der Waals surface area contributed by atoms with Crippen molar-refractivity contribution in [2.75, 3.05) is 7.05 Å². The summed E-state index contributed by atoms with van der Waals surface area (Å²) in [6, 6.07) is 12.5. The van der Waals surface area contributed by atoms with Crippen LogP contribution in [0.25, 0.3) is 0 Å². The lowest BCUT2D eigenvalue weighted by Crippen LogP contribution is -2.19. The topological polar surface area (TPSA) is 12.0 Å². The van der Waals surface area contributed by atoms with E-state index >= 15 is 0 Å². The van der Waals surface area contributed by atoms with E-state index in [0.29, 0.717) is 17.0 Å². The normalized spacial score (nSPS) is 13.2. The average Bonchev–Trinajstić information content (AvgIpc) is 2.46. The van der Waals surface area contributed by atoms with Crippen molar-refractivity contribution in [1.29, 1.82) is 0 Å². The van der Waals surface area contributed by atoms with Crippen LogP contribution in [0, 0.1) is 0 Å². The van der Waals surface area contributed by atoms with Gasteiger partial charge >= 0.3 is 6.18 Å². The number of halogens is 4. The molecule has 0 spiro atoms. The number of likely N-dealkylation sites (N-methyl/N-ethyl adjacent to an activating group) is 1. The molecule has 5 heteroatoms. The lowest BCUT2D eigenvalue weighted by atomic mass is 9.97. The fraction of sp³-hybridized carbons (Fsp3) is 0.250. The van der Waals surface area contributed by atoms with Crippen LogP contribution in [0.2, 0.25) is 5.02 Å². The Balaban J connectivity index is 2.23. The molecule has 0 bridgehead atoms. The van der Waals surface area contributed by atoms with Gasteiger partial charge in [-0.3, -0.25) is 0 Å². The molecular formula is C16H15ClF3N. The third kappa shape index (κ3) is 4.22. The Morgan fingerprint density at radius 1 is 1.10 bits per heavy atom. The van der Waals surface area contributed by atoms with E-state index in [2.05, 4.69) is 5.32 Å². The van der Waals surface area contributed by atoms with E-state index in [9.17, 15) is 13.2 Å². The van der Waals surface area contributed by atoms with E-state index in [4.69, 9.17) is 11.6 Å². The molecule has 2 aromatic carbocycles. The van der Waals surface area contributed by atoms with Gasteiger partial charge in [0, 0.05) is 11.1 Å². The second kappa shape index (κ2) is 6.50. The average molecular weight is 314 g/mol. The van der Waals surface area contributed by atoms with Gasteiger partial charge in [-0.25, -0.2) is 0 Å². The van der Waals surface area contributed by atoms with Crippen molar-refractivity contribution in [1.82, 2.24) is 5.32 Å². The van der Waals surface area contributed by atoms with Gasteiger partial charge in [-0.05, 0) is 48.9 Å². The van der Waals surface area contributed by atoms with Gasteiger partial charge in [0.15, 0.2) is 0 Å². The SMILES string of the molecule is CNC(Cc1ccc(Cl)cc1)c1cccc(C(F)(F)F)c1. The van der Waals surface area contributed by atoms with E-state index in [1.807, 2.05) is 12.1 Å². The van der Waals surface area contributed by atoms with Crippen molar-refractivity contribution < 1.29 is 13.2 Å². The summed E-state index contributed by atoms with van der Waals surface area (Å²) in [6.45, 7) is 0. The van der Waals surface area contributed by atoms with Crippen LogP contribution < -0.4 is 5.32 Å². The summed E-state index contributed by atoms with van der Waals surface area (Å²) in [7, 11) is 1.74. The molecule has 0 aromatic heterocycles. The number of benzene rings is 2. The highest BCUT2D eigenvalue weighted by molar-refractivity contribution is 6.30. The second-order valence-corrected chi connectivity index (χ2v) is 5.23. The zero-order valence-electron chi connectivity index (χ0n) is 11.4. The maximum absolute atomic E-state index is 12.8. The van der Waals surface area contributed by atoms with Crippen LogP contribution in [-0.4, -0.2) is 7.05 Å². The van der Waals surface area contributed by atoms with Gasteiger partial charge in [-0.1, -0.05) is 35.9 Å². The smallest absolute Gasteiger partial charge is 0.313 e. The lowest BCUT2D eigenvalue weighted by molar-refractivity contribution is -0.137. The third-order valence-electron chi connectivity index (χ3n) is 3.32. The van der Waals surface area contributed by atoms with Crippen LogP contribution in [0.5, 0.6) is 0 Å². The minimum Gasteiger partial charge on any atom is -0.313 e. The zero-order valence-corrected chi connectivity index (χ0v) is 12.2. The molecular weight excluding hydrogens is 299 g/mol. The highest BCUT2D eigenvalue weighted by atomic mass is 35.5. The Morgan fingerprint density at radius 3 is 2.33 bits per heavy atom. The van der Waals surface area contributed by atoms with Crippen LogP contribution in [0.15, 0.2) is 48.5 Å². The lowest BCUT2D eigenvalue weighted by Gasteiger charge is -2.18. The number of hydrogen-bond acceptors (Lipinski definition) is 1. The monoisotopic (exact) mass is 313 g/mol. The maximum Gasteiger partial charge on any atom is 0.416 e. The first kappa shape index (κ1) is 15.9. The molecule has 1 atom stereocenters. The summed E-state index contributed by atoms with van der Waals surface area (Å²) in [6.07, 6.45) is -3.73. The van der Waals surface area contributed by atoms with E-state index in [0.717, 1.165) is 11.6 Å². The molecule has 112 valence electrons. The van der Waals surface area contributed by atoms with Crippen LogP contribution in [0.3, 0.4) is 0 Å². The molecule has 1 nitrogen and oxygen atoms in total. The van der Waals surface area contributed by atoms with E-state index in [1.54, 1.807) is 25.2 Å². The second-order valence-electron chi connectivity index (χ2n) is 4.80. The molecule has 0 amide bonds. The van der Waals surface area contributed by atoms with Crippen molar-refractivity contribution in [2.24, 2.45) is 0 Å². The summed E-state index contributed by atoms with van der Waals surface area (Å²) in [5, 5.41) is 3.70. The van der Waals surface area contributed by atoms with Gasteiger partial charge in [0.25, 0.3) is 0 Å². The van der Waals surface area contributed by atoms with E-state index in [-0.39, 0.29) is 6.04 Å². The highest BCUT2D eigenvalue weighted by Crippen LogP contribution is 2.31. The molecule has 0 aliphatic heterocycles. The van der Waals surface area contributed by atoms with Gasteiger partial charge < -0.3 is 5.32 Å². The number of rotatable bonds is 4. The van der Waals surface area contributed by atoms with Gasteiger partial charge in [0.1, 0.15) is 0 Å². The van der Waals surface area contributed by atoms with Gasteiger partial charge in [0.2, 0.25) is 0 Å². The Kier molecular flexibility index (Phi) is 4.91. The number of nitrogens with one attached hydrogen (secondary N) is 1. The first-order chi connectivity index (χ1) is 9.90. The highest BCUT2D eigenvalue weighted by Gasteiger charge is 2.30. The molecule has 0 fully saturated rings. The molecule has 1 unspecified atom stereocenters. The fourth-order valence-corrected chi connectivity index (χ4v) is 2.30. The van der Waals surface area contributed by atoms with Crippen molar-refractivity contribution in [3.05, 3.63) is 70.2 Å². The maximum atomic E-state index is 12.8. The molecule has 21 heavy (non-hydrogen) atoms. The van der Waals surface area contributed by atoms with Crippen LogP contribution in [0.4, 0.5) is 13.2 Å². The standard InChI is InChI=1S/C16H15ClF3N/c1-21-15(9-11-5-7-14(17)8-6-11)12-3-2-4-13(10-12)16(18,19)20/h2-8,10,15,21H,9H2,1H3. The Hall–Kier alpha value is -1.52. The molecule has 0 heterocycles. The molecule has 0 aliphatic rings. The predicted molar refractivity (Wildman–Crippen MR) is 78.4 cm³/mol. The Bertz CT molecular complexity index is 593. The van der Waals surface area contributed by atoms with Gasteiger partial charge in [-0.2, -0.15) is 13.2 Å². The van der Waals surface area contributed by atoms with Crippen molar-refractivity contribution in [2.45, 2.75) is 18.6 Å². The van der Waals surface area contributed by atoms with Crippen LogP contribution >= 0.6 is 11.6 Å². The summed E-state index contributed by atoms with van der Waals surface area (Å²) in [5.41, 5.74) is 0.995. The first-order valence-electron chi connectivity index (χ1n) is 6.49. The molecule has 2 aromatic rings. The van der Waals surface area contributed by atoms with Crippen LogP contribution in [0.1, 0.15) is 22.7 Å². The zero-order chi connectivity index (χ0) is 15.5. The fourth-order valence-electron chi connectivity index (χ4n) is 2.17. The first-order valence-corrected chi connectivity index (χ1v) is 6.87. The summed E-state index contributed by atoms with van der Waals surface area (Å²) in [5.74, 6) is 0. The molecule has 0 aliphatic carbocycles. The molecule has 2 rings (SSSR count). The minimum atomic E-state index is -4.32. The molecule has 0 saturated carbocycles. The van der Waals surface area contributed by atoms with Gasteiger partial charge in [-0.15, -0.1) is 0 Å². The van der Waals surface area contributed by atoms with Crippen molar-refractivity contribution in [3.63, 3.8) is 0 Å². The molecule has 1 N–H and O–H groups in total. The summed E-state index contributed by atoms with van der Waals surface area (Å²) >= 11 is 5.83. The number of hydrogen-bond donors (Lipinski definition) is 1.